The molecule has 26 heavy (non-hydrogen) atoms. The van der Waals surface area contributed by atoms with Crippen molar-refractivity contribution in [3.63, 3.8) is 0 Å². The lowest BCUT2D eigenvalue weighted by Crippen LogP contribution is -2.30. The monoisotopic (exact) mass is 354 g/mol. The molecule has 2 aromatic rings. The van der Waals surface area contributed by atoms with Crippen LogP contribution in [0.15, 0.2) is 42.5 Å². The zero-order chi connectivity index (χ0) is 18.5. The first-order valence-electron chi connectivity index (χ1n) is 8.71. The third kappa shape index (κ3) is 3.79. The molecule has 2 amide bonds. The van der Waals surface area contributed by atoms with E-state index in [1.807, 2.05) is 32.0 Å². The lowest BCUT2D eigenvalue weighted by molar-refractivity contribution is -0.123. The first-order valence-corrected chi connectivity index (χ1v) is 8.71. The SMILES string of the molecule is CCOc1ccc(OCC)c(NC(=O)C2CC(=O)Nc3ccccc32)c1. The van der Waals surface area contributed by atoms with Crippen LogP contribution in [0, 0.1) is 0 Å². The number of ether oxygens (including phenoxy) is 2. The van der Waals surface area contributed by atoms with Crippen molar-refractivity contribution in [3.8, 4) is 11.5 Å². The number of benzene rings is 2. The summed E-state index contributed by atoms with van der Waals surface area (Å²) in [5.41, 5.74) is 2.02. The average molecular weight is 354 g/mol. The Balaban J connectivity index is 1.88. The Bertz CT molecular complexity index is 819. The predicted octanol–water partition coefficient (Wildman–Crippen LogP) is 3.55. The summed E-state index contributed by atoms with van der Waals surface area (Å²) in [5.74, 6) is 0.245. The zero-order valence-electron chi connectivity index (χ0n) is 14.9. The van der Waals surface area contributed by atoms with Crippen LogP contribution in [-0.4, -0.2) is 25.0 Å². The molecule has 0 fully saturated rings. The van der Waals surface area contributed by atoms with Crippen molar-refractivity contribution in [1.82, 2.24) is 0 Å². The molecule has 2 N–H and O–H groups in total. The van der Waals surface area contributed by atoms with E-state index in [9.17, 15) is 9.59 Å². The summed E-state index contributed by atoms with van der Waals surface area (Å²) < 4.78 is 11.1. The highest BCUT2D eigenvalue weighted by Gasteiger charge is 2.30. The van der Waals surface area contributed by atoms with E-state index in [1.165, 1.54) is 0 Å². The van der Waals surface area contributed by atoms with Gasteiger partial charge in [-0.05, 0) is 37.6 Å². The van der Waals surface area contributed by atoms with Gasteiger partial charge in [-0.1, -0.05) is 18.2 Å². The van der Waals surface area contributed by atoms with Gasteiger partial charge in [-0.3, -0.25) is 9.59 Å². The summed E-state index contributed by atoms with van der Waals surface area (Å²) in [5, 5.41) is 5.70. The van der Waals surface area contributed by atoms with Crippen molar-refractivity contribution < 1.29 is 19.1 Å². The van der Waals surface area contributed by atoms with E-state index >= 15 is 0 Å². The van der Waals surface area contributed by atoms with E-state index in [4.69, 9.17) is 9.47 Å². The number of carbonyl (C=O) groups excluding carboxylic acids is 2. The number of nitrogens with one attached hydrogen (secondary N) is 2. The fourth-order valence-corrected chi connectivity index (χ4v) is 3.01. The third-order valence-electron chi connectivity index (χ3n) is 4.14. The molecule has 1 unspecified atom stereocenters. The van der Waals surface area contributed by atoms with Crippen LogP contribution in [0.2, 0.25) is 0 Å². The molecule has 0 spiro atoms. The quantitative estimate of drug-likeness (QED) is 0.832. The van der Waals surface area contributed by atoms with Crippen molar-refractivity contribution in [2.45, 2.75) is 26.2 Å². The smallest absolute Gasteiger partial charge is 0.232 e. The highest BCUT2D eigenvalue weighted by Crippen LogP contribution is 2.35. The van der Waals surface area contributed by atoms with Crippen molar-refractivity contribution in [2.75, 3.05) is 23.8 Å². The Morgan fingerprint density at radius 1 is 1.15 bits per heavy atom. The Hall–Kier alpha value is -3.02. The molecule has 0 aliphatic carbocycles. The molecule has 0 saturated carbocycles. The maximum absolute atomic E-state index is 12.9. The van der Waals surface area contributed by atoms with Gasteiger partial charge in [0.25, 0.3) is 0 Å². The topological polar surface area (TPSA) is 76.7 Å². The largest absolute Gasteiger partial charge is 0.494 e. The number of para-hydroxylation sites is 1. The lowest BCUT2D eigenvalue weighted by atomic mass is 9.90. The standard InChI is InChI=1S/C20H22N2O4/c1-3-25-13-9-10-18(26-4-2)17(11-13)22-20(24)15-12-19(23)21-16-8-6-5-7-14(15)16/h5-11,15H,3-4,12H2,1-2H3,(H,21,23)(H,22,24). The fraction of sp³-hybridized carbons (Fsp3) is 0.300. The number of rotatable bonds is 6. The molecule has 0 bridgehead atoms. The number of hydrogen-bond acceptors (Lipinski definition) is 4. The number of anilines is 2. The molecule has 1 aliphatic heterocycles. The highest BCUT2D eigenvalue weighted by molar-refractivity contribution is 6.05. The molecular formula is C20H22N2O4. The molecular weight excluding hydrogens is 332 g/mol. The lowest BCUT2D eigenvalue weighted by Gasteiger charge is -2.25. The van der Waals surface area contributed by atoms with Gasteiger partial charge < -0.3 is 20.1 Å². The minimum Gasteiger partial charge on any atom is -0.494 e. The molecule has 136 valence electrons. The van der Waals surface area contributed by atoms with Crippen LogP contribution in [0.1, 0.15) is 31.7 Å². The van der Waals surface area contributed by atoms with Crippen molar-refractivity contribution in [2.24, 2.45) is 0 Å². The van der Waals surface area contributed by atoms with E-state index in [0.717, 1.165) is 5.56 Å². The molecule has 1 heterocycles. The van der Waals surface area contributed by atoms with Crippen LogP contribution >= 0.6 is 0 Å². The molecule has 6 heteroatoms. The summed E-state index contributed by atoms with van der Waals surface area (Å²) in [4.78, 5) is 24.9. The number of amides is 2. The van der Waals surface area contributed by atoms with Crippen molar-refractivity contribution in [1.29, 1.82) is 0 Å². The minimum atomic E-state index is -0.551. The van der Waals surface area contributed by atoms with E-state index in [2.05, 4.69) is 10.6 Å². The molecule has 0 saturated heterocycles. The van der Waals surface area contributed by atoms with Gasteiger partial charge in [-0.15, -0.1) is 0 Å². The van der Waals surface area contributed by atoms with Gasteiger partial charge in [0.15, 0.2) is 0 Å². The summed E-state index contributed by atoms with van der Waals surface area (Å²) in [6.45, 7) is 4.78. The maximum Gasteiger partial charge on any atom is 0.232 e. The highest BCUT2D eigenvalue weighted by atomic mass is 16.5. The van der Waals surface area contributed by atoms with Crippen LogP contribution in [0.4, 0.5) is 11.4 Å². The third-order valence-corrected chi connectivity index (χ3v) is 4.14. The van der Waals surface area contributed by atoms with Gasteiger partial charge in [0.1, 0.15) is 11.5 Å². The van der Waals surface area contributed by atoms with Crippen LogP contribution in [0.5, 0.6) is 11.5 Å². The van der Waals surface area contributed by atoms with Crippen LogP contribution in [0.25, 0.3) is 0 Å². The van der Waals surface area contributed by atoms with Crippen molar-refractivity contribution in [3.05, 3.63) is 48.0 Å². The Morgan fingerprint density at radius 2 is 1.92 bits per heavy atom. The van der Waals surface area contributed by atoms with E-state index in [0.29, 0.717) is 36.1 Å². The molecule has 0 aromatic heterocycles. The van der Waals surface area contributed by atoms with E-state index in [-0.39, 0.29) is 18.2 Å². The number of fused-ring (bicyclic) bond motifs is 1. The van der Waals surface area contributed by atoms with Crippen LogP contribution < -0.4 is 20.1 Å². The van der Waals surface area contributed by atoms with Gasteiger partial charge in [-0.2, -0.15) is 0 Å². The van der Waals surface area contributed by atoms with E-state index in [1.54, 1.807) is 24.3 Å². The van der Waals surface area contributed by atoms with Gasteiger partial charge in [0.2, 0.25) is 11.8 Å². The summed E-state index contributed by atoms with van der Waals surface area (Å²) in [6, 6.07) is 12.7. The molecule has 0 radical (unpaired) electrons. The first-order chi connectivity index (χ1) is 12.6. The minimum absolute atomic E-state index is 0.109. The van der Waals surface area contributed by atoms with Gasteiger partial charge in [0.05, 0.1) is 24.8 Å². The van der Waals surface area contributed by atoms with Crippen LogP contribution in [0.3, 0.4) is 0 Å². The first kappa shape index (κ1) is 17.8. The summed E-state index contributed by atoms with van der Waals surface area (Å²) in [7, 11) is 0. The molecule has 1 aliphatic rings. The van der Waals surface area contributed by atoms with Crippen molar-refractivity contribution >= 4 is 23.2 Å². The van der Waals surface area contributed by atoms with Gasteiger partial charge >= 0.3 is 0 Å². The van der Waals surface area contributed by atoms with Gasteiger partial charge in [-0.25, -0.2) is 0 Å². The molecule has 3 rings (SSSR count). The number of carbonyl (C=O) groups is 2. The predicted molar refractivity (Wildman–Crippen MR) is 99.8 cm³/mol. The molecule has 1 atom stereocenters. The Labute approximate surface area is 152 Å². The fourth-order valence-electron chi connectivity index (χ4n) is 3.01. The average Bonchev–Trinajstić information content (AvgIpc) is 2.63. The second kappa shape index (κ2) is 7.91. The second-order valence-electron chi connectivity index (χ2n) is 5.91. The molecule has 2 aromatic carbocycles. The summed E-state index contributed by atoms with van der Waals surface area (Å²) >= 11 is 0. The number of hydrogen-bond donors (Lipinski definition) is 2. The van der Waals surface area contributed by atoms with Gasteiger partial charge in [0, 0.05) is 18.2 Å². The Morgan fingerprint density at radius 3 is 2.69 bits per heavy atom. The zero-order valence-corrected chi connectivity index (χ0v) is 14.9. The molecule has 6 nitrogen and oxygen atoms in total. The second-order valence-corrected chi connectivity index (χ2v) is 5.91. The normalized spacial score (nSPS) is 15.6. The Kier molecular flexibility index (Phi) is 5.41. The summed E-state index contributed by atoms with van der Waals surface area (Å²) in [6.07, 6.45) is 0.109. The van der Waals surface area contributed by atoms with Crippen LogP contribution in [-0.2, 0) is 9.59 Å². The maximum atomic E-state index is 12.9. The van der Waals surface area contributed by atoms with E-state index < -0.39 is 5.92 Å².